The number of hydrogen-bond acceptors (Lipinski definition) is 7. The fourth-order valence-corrected chi connectivity index (χ4v) is 3.16. The van der Waals surface area contributed by atoms with Gasteiger partial charge in [0.15, 0.2) is 10.8 Å². The largest absolute Gasteiger partial charge is 0.340 e. The minimum Gasteiger partial charge on any atom is -0.340 e. The van der Waals surface area contributed by atoms with Crippen LogP contribution < -0.4 is 10.9 Å². The highest BCUT2D eigenvalue weighted by Gasteiger charge is 2.27. The zero-order chi connectivity index (χ0) is 17.3. The van der Waals surface area contributed by atoms with E-state index in [1.807, 2.05) is 19.2 Å². The molecule has 8 nitrogen and oxygen atoms in total. The molecular weight excluding hydrogens is 328 g/mol. The fourth-order valence-electron chi connectivity index (χ4n) is 2.37. The first kappa shape index (κ1) is 16.1. The molecule has 0 aromatic carbocycles. The molecule has 3 N–H and O–H groups in total. The van der Waals surface area contributed by atoms with E-state index in [9.17, 15) is 10.1 Å². The maximum atomic E-state index is 11.0. The highest BCUT2D eigenvalue weighted by Crippen LogP contribution is 2.32. The molecule has 9 heteroatoms. The summed E-state index contributed by atoms with van der Waals surface area (Å²) in [6.07, 6.45) is 4.49. The first-order chi connectivity index (χ1) is 11.5. The summed E-state index contributed by atoms with van der Waals surface area (Å²) in [6, 6.07) is -0.277. The Morgan fingerprint density at radius 1 is 1.50 bits per heavy atom. The van der Waals surface area contributed by atoms with Gasteiger partial charge in [-0.3, -0.25) is 10.1 Å². The van der Waals surface area contributed by atoms with Crippen LogP contribution in [0.1, 0.15) is 24.4 Å². The van der Waals surface area contributed by atoms with Crippen molar-refractivity contribution in [1.82, 2.24) is 25.8 Å². The lowest BCUT2D eigenvalue weighted by molar-refractivity contribution is -0.419. The van der Waals surface area contributed by atoms with Gasteiger partial charge >= 0.3 is 0 Å². The number of rotatable bonds is 5. The quantitative estimate of drug-likeness (QED) is 0.437. The molecule has 0 amide bonds. The normalized spacial score (nSPS) is 17.9. The Hall–Kier alpha value is -2.78. The van der Waals surface area contributed by atoms with Crippen LogP contribution in [0, 0.1) is 17.0 Å². The Bertz CT molecular complexity index is 863. The summed E-state index contributed by atoms with van der Waals surface area (Å²) in [7, 11) is 0. The first-order valence-corrected chi connectivity index (χ1v) is 8.05. The van der Waals surface area contributed by atoms with E-state index >= 15 is 0 Å². The number of hydrogen-bond donors (Lipinski definition) is 3. The van der Waals surface area contributed by atoms with E-state index in [1.54, 1.807) is 6.20 Å². The van der Waals surface area contributed by atoms with Crippen LogP contribution in [0.25, 0.3) is 10.8 Å². The van der Waals surface area contributed by atoms with Crippen molar-refractivity contribution in [3.8, 4) is 10.8 Å². The number of allylic oxidation sites excluding steroid dienone is 2. The maximum Gasteiger partial charge on any atom is 0.269 e. The zero-order valence-electron chi connectivity index (χ0n) is 13.2. The summed E-state index contributed by atoms with van der Waals surface area (Å²) >= 11 is 1.47. The van der Waals surface area contributed by atoms with E-state index in [1.165, 1.54) is 23.5 Å². The standard InChI is InChI=1S/C15H16N6O2S/c1-4-10(21(22)23)5-11-9(3)19-20-13(11)12-7-24-15(18-12)14-16-6-8(2)17-14/h4-7,13,19-20H,1H2,2-3H3,(H,16,17)/b10-5+. The Kier molecular flexibility index (Phi) is 4.28. The van der Waals surface area contributed by atoms with Crippen LogP contribution in [0.5, 0.6) is 0 Å². The smallest absolute Gasteiger partial charge is 0.269 e. The highest BCUT2D eigenvalue weighted by molar-refractivity contribution is 7.13. The predicted molar refractivity (Wildman–Crippen MR) is 91.4 cm³/mol. The van der Waals surface area contributed by atoms with Crippen molar-refractivity contribution in [2.45, 2.75) is 19.9 Å². The fraction of sp³-hybridized carbons (Fsp3) is 0.200. The zero-order valence-corrected chi connectivity index (χ0v) is 14.0. The van der Waals surface area contributed by atoms with Crippen molar-refractivity contribution in [3.05, 3.63) is 68.8 Å². The summed E-state index contributed by atoms with van der Waals surface area (Å²) in [5.74, 6) is 0.713. The third-order valence-electron chi connectivity index (χ3n) is 3.59. The molecule has 3 rings (SSSR count). The number of nitrogens with zero attached hydrogens (tertiary/aromatic N) is 3. The number of aromatic amines is 1. The number of nitro groups is 1. The molecule has 2 aromatic heterocycles. The van der Waals surface area contributed by atoms with Crippen LogP contribution in [-0.2, 0) is 0 Å². The van der Waals surface area contributed by atoms with Gasteiger partial charge in [-0.15, -0.1) is 11.3 Å². The second-order valence-electron chi connectivity index (χ2n) is 5.31. The molecule has 0 aliphatic carbocycles. The molecule has 124 valence electrons. The Labute approximate surface area is 142 Å². The van der Waals surface area contributed by atoms with Crippen LogP contribution in [0.3, 0.4) is 0 Å². The van der Waals surface area contributed by atoms with Gasteiger partial charge < -0.3 is 10.4 Å². The van der Waals surface area contributed by atoms with Gasteiger partial charge in [0.2, 0.25) is 0 Å². The summed E-state index contributed by atoms with van der Waals surface area (Å²) in [6.45, 7) is 7.27. The average molecular weight is 344 g/mol. The number of aryl methyl sites for hydroxylation is 1. The Morgan fingerprint density at radius 2 is 2.29 bits per heavy atom. The molecule has 0 spiro atoms. The van der Waals surface area contributed by atoms with Crippen LogP contribution in [-0.4, -0.2) is 19.9 Å². The number of hydrazine groups is 1. The molecule has 1 atom stereocenters. The van der Waals surface area contributed by atoms with Crippen molar-refractivity contribution in [1.29, 1.82) is 0 Å². The molecule has 0 saturated carbocycles. The third-order valence-corrected chi connectivity index (χ3v) is 4.46. The number of aromatic nitrogens is 3. The molecular formula is C15H16N6O2S. The van der Waals surface area contributed by atoms with Gasteiger partial charge in [-0.25, -0.2) is 15.4 Å². The molecule has 24 heavy (non-hydrogen) atoms. The van der Waals surface area contributed by atoms with Gasteiger partial charge in [-0.1, -0.05) is 6.58 Å². The first-order valence-electron chi connectivity index (χ1n) is 7.18. The van der Waals surface area contributed by atoms with E-state index in [0.717, 1.165) is 27.7 Å². The number of H-pyrrole nitrogens is 1. The van der Waals surface area contributed by atoms with Crippen LogP contribution in [0.4, 0.5) is 0 Å². The minimum absolute atomic E-state index is 0.0584. The maximum absolute atomic E-state index is 11.0. The van der Waals surface area contributed by atoms with Gasteiger partial charge in [-0.2, -0.15) is 0 Å². The lowest BCUT2D eigenvalue weighted by Crippen LogP contribution is -2.26. The van der Waals surface area contributed by atoms with Crippen LogP contribution >= 0.6 is 11.3 Å². The molecule has 2 aromatic rings. The monoisotopic (exact) mass is 344 g/mol. The van der Waals surface area contributed by atoms with E-state index in [0.29, 0.717) is 5.82 Å². The lowest BCUT2D eigenvalue weighted by atomic mass is 10.0. The van der Waals surface area contributed by atoms with Gasteiger partial charge in [0.1, 0.15) is 0 Å². The summed E-state index contributed by atoms with van der Waals surface area (Å²) in [5.41, 5.74) is 9.35. The molecule has 0 bridgehead atoms. The molecule has 0 fully saturated rings. The molecule has 1 unspecified atom stereocenters. The molecule has 1 aliphatic heterocycles. The van der Waals surface area contributed by atoms with Gasteiger partial charge in [-0.05, 0) is 13.8 Å². The summed E-state index contributed by atoms with van der Waals surface area (Å²) in [4.78, 5) is 22.6. The van der Waals surface area contributed by atoms with Crippen molar-refractivity contribution < 1.29 is 4.92 Å². The summed E-state index contributed by atoms with van der Waals surface area (Å²) < 4.78 is 0. The average Bonchev–Trinajstić information content (AvgIpc) is 3.24. The molecule has 1 aliphatic rings. The number of imidazole rings is 1. The van der Waals surface area contributed by atoms with E-state index in [-0.39, 0.29) is 11.7 Å². The van der Waals surface area contributed by atoms with E-state index in [4.69, 9.17) is 0 Å². The van der Waals surface area contributed by atoms with Gasteiger partial charge in [0, 0.05) is 40.7 Å². The Balaban J connectivity index is 1.93. The van der Waals surface area contributed by atoms with E-state index < -0.39 is 4.92 Å². The van der Waals surface area contributed by atoms with Crippen molar-refractivity contribution in [3.63, 3.8) is 0 Å². The van der Waals surface area contributed by atoms with Crippen LogP contribution in [0.15, 0.2) is 47.3 Å². The van der Waals surface area contributed by atoms with Gasteiger partial charge in [0.05, 0.1) is 16.7 Å². The van der Waals surface area contributed by atoms with Crippen molar-refractivity contribution in [2.75, 3.05) is 0 Å². The number of nitrogens with one attached hydrogen (secondary N) is 3. The SMILES string of the molecule is C=C/C(=C\C1=C(C)NNC1c1csc(-c2ncc(C)[nH]2)n1)[N+](=O)[O-]. The highest BCUT2D eigenvalue weighted by atomic mass is 32.1. The molecule has 0 radical (unpaired) electrons. The molecule has 3 heterocycles. The van der Waals surface area contributed by atoms with Crippen molar-refractivity contribution in [2.24, 2.45) is 0 Å². The minimum atomic E-state index is -0.458. The predicted octanol–water partition coefficient (Wildman–Crippen LogP) is 2.61. The molecule has 0 saturated heterocycles. The number of thiazole rings is 1. The third kappa shape index (κ3) is 2.99. The summed E-state index contributed by atoms with van der Waals surface area (Å²) in [5, 5.41) is 13.7. The van der Waals surface area contributed by atoms with E-state index in [2.05, 4.69) is 32.4 Å². The second kappa shape index (κ2) is 6.38. The van der Waals surface area contributed by atoms with Crippen LogP contribution in [0.2, 0.25) is 0 Å². The van der Waals surface area contributed by atoms with Crippen molar-refractivity contribution >= 4 is 11.3 Å². The Morgan fingerprint density at radius 3 is 2.92 bits per heavy atom. The second-order valence-corrected chi connectivity index (χ2v) is 6.16. The van der Waals surface area contributed by atoms with Gasteiger partial charge in [0.25, 0.3) is 5.70 Å². The topological polar surface area (TPSA) is 109 Å². The lowest BCUT2D eigenvalue weighted by Gasteiger charge is -2.09.